The van der Waals surface area contributed by atoms with Gasteiger partial charge in [-0.3, -0.25) is 4.79 Å². The minimum atomic E-state index is -3.65. The van der Waals surface area contributed by atoms with E-state index < -0.39 is 10.0 Å². The van der Waals surface area contributed by atoms with Gasteiger partial charge in [0.2, 0.25) is 15.9 Å². The second-order valence-corrected chi connectivity index (χ2v) is 9.35. The van der Waals surface area contributed by atoms with Crippen molar-refractivity contribution in [3.8, 4) is 11.5 Å². The van der Waals surface area contributed by atoms with Gasteiger partial charge in [-0.25, -0.2) is 8.42 Å². The van der Waals surface area contributed by atoms with Gasteiger partial charge >= 0.3 is 0 Å². The Morgan fingerprint density at radius 1 is 1.07 bits per heavy atom. The molecule has 2 aromatic rings. The van der Waals surface area contributed by atoms with Crippen LogP contribution in [0.25, 0.3) is 0 Å². The number of methoxy groups -OCH3 is 2. The molecule has 0 radical (unpaired) electrons. The Balaban J connectivity index is 1.61. The summed E-state index contributed by atoms with van der Waals surface area (Å²) in [5.74, 6) is 0.908. The highest BCUT2D eigenvalue weighted by atomic mass is 32.2. The number of sulfonamides is 1. The molecule has 2 heterocycles. The van der Waals surface area contributed by atoms with E-state index in [4.69, 9.17) is 9.47 Å². The summed E-state index contributed by atoms with van der Waals surface area (Å²) < 4.78 is 37.7. The highest BCUT2D eigenvalue weighted by Gasteiger charge is 2.30. The zero-order valence-corrected chi connectivity index (χ0v) is 17.6. The first kappa shape index (κ1) is 20.6. The summed E-state index contributed by atoms with van der Waals surface area (Å²) in [5, 5.41) is 2.00. The monoisotopic (exact) mass is 424 g/mol. The van der Waals surface area contributed by atoms with Crippen molar-refractivity contribution in [3.63, 3.8) is 0 Å². The first-order valence-corrected chi connectivity index (χ1v) is 11.3. The smallest absolute Gasteiger partial charge is 0.243 e. The fourth-order valence-electron chi connectivity index (χ4n) is 3.15. The third-order valence-electron chi connectivity index (χ3n) is 4.75. The Morgan fingerprint density at radius 3 is 2.39 bits per heavy atom. The largest absolute Gasteiger partial charge is 0.493 e. The van der Waals surface area contributed by atoms with Gasteiger partial charge in [0.15, 0.2) is 11.5 Å². The summed E-state index contributed by atoms with van der Waals surface area (Å²) in [6.07, 6.45) is 1.17. The standard InChI is InChI=1S/C19H24N2O5S2/c1-25-17-7-6-16(14-18(17)26-2)28(23,24)21-11-9-20(10-12-21)19(22)8-5-15-4-3-13-27-15/h3-4,6-7,13-14H,5,8-12H2,1-2H3. The van der Waals surface area contributed by atoms with Crippen molar-refractivity contribution in [2.75, 3.05) is 40.4 Å². The van der Waals surface area contributed by atoms with Gasteiger partial charge in [-0.05, 0) is 30.0 Å². The molecule has 28 heavy (non-hydrogen) atoms. The van der Waals surface area contributed by atoms with Crippen LogP contribution in [0, 0.1) is 0 Å². The maximum atomic E-state index is 12.9. The third kappa shape index (κ3) is 4.48. The van der Waals surface area contributed by atoms with Crippen LogP contribution in [0.15, 0.2) is 40.6 Å². The lowest BCUT2D eigenvalue weighted by Gasteiger charge is -2.34. The summed E-state index contributed by atoms with van der Waals surface area (Å²) in [6, 6.07) is 8.55. The Kier molecular flexibility index (Phi) is 6.58. The van der Waals surface area contributed by atoms with E-state index in [1.807, 2.05) is 17.5 Å². The molecule has 0 saturated carbocycles. The molecule has 1 amide bonds. The molecule has 3 rings (SSSR count). The molecule has 0 unspecified atom stereocenters. The lowest BCUT2D eigenvalue weighted by atomic mass is 10.2. The van der Waals surface area contributed by atoms with Crippen molar-refractivity contribution in [1.29, 1.82) is 0 Å². The maximum absolute atomic E-state index is 12.9. The molecule has 1 aromatic heterocycles. The van der Waals surface area contributed by atoms with Gasteiger partial charge in [-0.2, -0.15) is 4.31 Å². The van der Waals surface area contributed by atoms with E-state index in [1.165, 1.54) is 35.5 Å². The summed E-state index contributed by atoms with van der Waals surface area (Å²) in [4.78, 5) is 15.5. The Hall–Kier alpha value is -2.10. The van der Waals surface area contributed by atoms with E-state index in [9.17, 15) is 13.2 Å². The summed E-state index contributed by atoms with van der Waals surface area (Å²) in [6.45, 7) is 1.36. The molecule has 9 heteroatoms. The van der Waals surface area contributed by atoms with Crippen LogP contribution in [-0.4, -0.2) is 63.9 Å². The van der Waals surface area contributed by atoms with Crippen LogP contribution in [0.4, 0.5) is 0 Å². The molecule has 0 atom stereocenters. The van der Waals surface area contributed by atoms with E-state index >= 15 is 0 Å². The number of hydrogen-bond acceptors (Lipinski definition) is 6. The predicted molar refractivity (Wildman–Crippen MR) is 108 cm³/mol. The molecule has 0 N–H and O–H groups in total. The number of aryl methyl sites for hydroxylation is 1. The molecular formula is C19H24N2O5S2. The van der Waals surface area contributed by atoms with Crippen LogP contribution in [0.1, 0.15) is 11.3 Å². The summed E-state index contributed by atoms with van der Waals surface area (Å²) >= 11 is 1.64. The van der Waals surface area contributed by atoms with Crippen LogP contribution in [0.3, 0.4) is 0 Å². The first-order valence-electron chi connectivity index (χ1n) is 8.98. The molecule has 0 bridgehead atoms. The van der Waals surface area contributed by atoms with E-state index in [0.29, 0.717) is 31.0 Å². The molecule has 0 aliphatic carbocycles. The number of benzene rings is 1. The molecular weight excluding hydrogens is 400 g/mol. The number of nitrogens with zero attached hydrogens (tertiary/aromatic N) is 2. The highest BCUT2D eigenvalue weighted by Crippen LogP contribution is 2.31. The minimum Gasteiger partial charge on any atom is -0.493 e. The molecule has 152 valence electrons. The number of ether oxygens (including phenoxy) is 2. The Morgan fingerprint density at radius 2 is 1.79 bits per heavy atom. The van der Waals surface area contributed by atoms with Gasteiger partial charge in [0.25, 0.3) is 0 Å². The Bertz CT molecular complexity index is 904. The van der Waals surface area contributed by atoms with E-state index in [1.54, 1.807) is 22.3 Å². The molecule has 7 nitrogen and oxygen atoms in total. The second kappa shape index (κ2) is 8.93. The van der Waals surface area contributed by atoms with Gasteiger partial charge in [0.05, 0.1) is 19.1 Å². The number of carbonyl (C=O) groups is 1. The van der Waals surface area contributed by atoms with Gasteiger partial charge in [0.1, 0.15) is 0 Å². The van der Waals surface area contributed by atoms with Gasteiger partial charge in [-0.1, -0.05) is 6.07 Å². The number of carbonyl (C=O) groups excluding carboxylic acids is 1. The number of amides is 1. The van der Waals surface area contributed by atoms with Crippen molar-refractivity contribution in [2.45, 2.75) is 17.7 Å². The average molecular weight is 425 g/mol. The summed E-state index contributed by atoms with van der Waals surface area (Å²) in [5.41, 5.74) is 0. The number of hydrogen-bond donors (Lipinski definition) is 0. The normalized spacial score (nSPS) is 15.4. The number of piperazine rings is 1. The fourth-order valence-corrected chi connectivity index (χ4v) is 5.29. The van der Waals surface area contributed by atoms with Crippen molar-refractivity contribution in [2.24, 2.45) is 0 Å². The SMILES string of the molecule is COc1ccc(S(=O)(=O)N2CCN(C(=O)CCc3cccs3)CC2)cc1OC. The first-order chi connectivity index (χ1) is 13.5. The second-order valence-electron chi connectivity index (χ2n) is 6.38. The van der Waals surface area contributed by atoms with Crippen molar-refractivity contribution < 1.29 is 22.7 Å². The lowest BCUT2D eigenvalue weighted by molar-refractivity contribution is -0.132. The van der Waals surface area contributed by atoms with Crippen LogP contribution >= 0.6 is 11.3 Å². The zero-order valence-electron chi connectivity index (χ0n) is 16.0. The van der Waals surface area contributed by atoms with Crippen LogP contribution < -0.4 is 9.47 Å². The van der Waals surface area contributed by atoms with E-state index in [2.05, 4.69) is 0 Å². The number of thiophene rings is 1. The molecule has 1 fully saturated rings. The molecule has 1 aliphatic rings. The van der Waals surface area contributed by atoms with Gasteiger partial charge in [-0.15, -0.1) is 11.3 Å². The van der Waals surface area contributed by atoms with Crippen molar-refractivity contribution >= 4 is 27.3 Å². The predicted octanol–water partition coefficient (Wildman–Crippen LogP) is 2.23. The van der Waals surface area contributed by atoms with Crippen LogP contribution in [-0.2, 0) is 21.2 Å². The third-order valence-corrected chi connectivity index (χ3v) is 7.58. The molecule has 0 spiro atoms. The molecule has 1 saturated heterocycles. The molecule has 1 aliphatic heterocycles. The van der Waals surface area contributed by atoms with Crippen molar-refractivity contribution in [3.05, 3.63) is 40.6 Å². The highest BCUT2D eigenvalue weighted by molar-refractivity contribution is 7.89. The van der Waals surface area contributed by atoms with Gasteiger partial charge in [0, 0.05) is 43.5 Å². The quantitative estimate of drug-likeness (QED) is 0.681. The minimum absolute atomic E-state index is 0.0663. The summed E-state index contributed by atoms with van der Waals surface area (Å²) in [7, 11) is -0.687. The van der Waals surface area contributed by atoms with Gasteiger partial charge < -0.3 is 14.4 Å². The number of rotatable bonds is 7. The average Bonchev–Trinajstić information content (AvgIpc) is 3.25. The van der Waals surface area contributed by atoms with E-state index in [0.717, 1.165) is 6.42 Å². The Labute approximate surface area is 169 Å². The van der Waals surface area contributed by atoms with Crippen LogP contribution in [0.2, 0.25) is 0 Å². The lowest BCUT2D eigenvalue weighted by Crippen LogP contribution is -2.50. The maximum Gasteiger partial charge on any atom is 0.243 e. The topological polar surface area (TPSA) is 76.2 Å². The van der Waals surface area contributed by atoms with Crippen molar-refractivity contribution in [1.82, 2.24) is 9.21 Å². The van der Waals surface area contributed by atoms with Crippen LogP contribution in [0.5, 0.6) is 11.5 Å². The zero-order chi connectivity index (χ0) is 20.1. The van der Waals surface area contributed by atoms with E-state index in [-0.39, 0.29) is 23.9 Å². The fraction of sp³-hybridized carbons (Fsp3) is 0.421. The molecule has 1 aromatic carbocycles.